The molecule has 4 atom stereocenters. The predicted molar refractivity (Wildman–Crippen MR) is 74.8 cm³/mol. The molecule has 5 heteroatoms. The van der Waals surface area contributed by atoms with E-state index >= 15 is 0 Å². The number of ether oxygens (including phenoxy) is 1. The van der Waals surface area contributed by atoms with Crippen LogP contribution in [-0.2, 0) is 4.74 Å². The fourth-order valence-corrected chi connectivity index (χ4v) is 4.54. The Labute approximate surface area is 122 Å². The molecule has 0 unspecified atom stereocenters. The van der Waals surface area contributed by atoms with Crippen LogP contribution in [0.1, 0.15) is 26.2 Å². The van der Waals surface area contributed by atoms with Gasteiger partial charge in [0.05, 0.1) is 17.9 Å². The fraction of sp³-hybridized carbons (Fsp3) is 0.769. The number of nitrogens with one attached hydrogen (secondary N) is 1. The van der Waals surface area contributed by atoms with Crippen molar-refractivity contribution in [2.24, 2.45) is 17.3 Å². The molecule has 0 radical (unpaired) electrons. The van der Waals surface area contributed by atoms with E-state index in [4.69, 9.17) is 44.9 Å². The Morgan fingerprint density at radius 2 is 2.17 bits per heavy atom. The van der Waals surface area contributed by atoms with Gasteiger partial charge in [0.1, 0.15) is 0 Å². The Hall–Kier alpha value is 0.240. The second kappa shape index (κ2) is 3.88. The standard InChI is InChI=1S/C13H16Cl3NO/c1-11-6-4-8(10(17)13(14,15)16)12(7-18-11)5-2-3-9(11)12/h4,6,8-9,17H,2-3,5,7H2,1H3/t8-,9+,11+,12-/m0/s1. The molecule has 100 valence electrons. The maximum absolute atomic E-state index is 8.19. The number of hydrogen-bond acceptors (Lipinski definition) is 2. The van der Waals surface area contributed by atoms with E-state index in [-0.39, 0.29) is 22.6 Å². The molecule has 2 bridgehead atoms. The Bertz CT molecular complexity index is 430. The second-order valence-electron chi connectivity index (χ2n) is 5.90. The van der Waals surface area contributed by atoms with E-state index in [9.17, 15) is 0 Å². The van der Waals surface area contributed by atoms with Gasteiger partial charge in [-0.1, -0.05) is 53.4 Å². The summed E-state index contributed by atoms with van der Waals surface area (Å²) in [7, 11) is 0. The number of rotatable bonds is 1. The van der Waals surface area contributed by atoms with E-state index in [1.54, 1.807) is 0 Å². The summed E-state index contributed by atoms with van der Waals surface area (Å²) >= 11 is 17.7. The summed E-state index contributed by atoms with van der Waals surface area (Å²) in [5, 5.41) is 8.19. The first-order valence-electron chi connectivity index (χ1n) is 6.29. The predicted octanol–water partition coefficient (Wildman–Crippen LogP) is 4.14. The van der Waals surface area contributed by atoms with Crippen LogP contribution in [0.2, 0.25) is 0 Å². The zero-order chi connectivity index (χ0) is 13.2. The van der Waals surface area contributed by atoms with E-state index in [2.05, 4.69) is 13.0 Å². The summed E-state index contributed by atoms with van der Waals surface area (Å²) in [6.07, 6.45) is 7.48. The van der Waals surface area contributed by atoms with Crippen molar-refractivity contribution in [3.8, 4) is 0 Å². The summed E-state index contributed by atoms with van der Waals surface area (Å²) in [5.74, 6) is 0.348. The second-order valence-corrected chi connectivity index (χ2v) is 8.18. The van der Waals surface area contributed by atoms with Gasteiger partial charge >= 0.3 is 0 Å². The quantitative estimate of drug-likeness (QED) is 0.441. The molecule has 0 spiro atoms. The molecule has 0 aromatic carbocycles. The van der Waals surface area contributed by atoms with Crippen LogP contribution in [0.25, 0.3) is 0 Å². The summed E-state index contributed by atoms with van der Waals surface area (Å²) in [5.41, 5.74) is -0.0195. The molecule has 0 aromatic rings. The summed E-state index contributed by atoms with van der Waals surface area (Å²) in [6.45, 7) is 2.81. The molecule has 1 saturated carbocycles. The lowest BCUT2D eigenvalue weighted by Crippen LogP contribution is -2.46. The van der Waals surface area contributed by atoms with Crippen LogP contribution in [0, 0.1) is 22.7 Å². The molecule has 0 amide bonds. The first-order valence-corrected chi connectivity index (χ1v) is 7.42. The van der Waals surface area contributed by atoms with Crippen molar-refractivity contribution < 1.29 is 4.74 Å². The van der Waals surface area contributed by atoms with Crippen LogP contribution in [0.3, 0.4) is 0 Å². The minimum atomic E-state index is -1.62. The third-order valence-electron chi connectivity index (χ3n) is 5.03. The minimum absolute atomic E-state index is 0.0233. The van der Waals surface area contributed by atoms with Gasteiger partial charge in [0.25, 0.3) is 0 Å². The van der Waals surface area contributed by atoms with Gasteiger partial charge in [0, 0.05) is 17.3 Å². The third kappa shape index (κ3) is 1.62. The van der Waals surface area contributed by atoms with E-state index < -0.39 is 3.79 Å². The summed E-state index contributed by atoms with van der Waals surface area (Å²) in [4.78, 5) is 0. The smallest absolute Gasteiger partial charge is 0.228 e. The van der Waals surface area contributed by atoms with Crippen LogP contribution >= 0.6 is 34.8 Å². The van der Waals surface area contributed by atoms with Gasteiger partial charge in [0.2, 0.25) is 3.79 Å². The Kier molecular flexibility index (Phi) is 2.85. The molecular formula is C13H16Cl3NO. The first kappa shape index (κ1) is 13.2. The molecule has 2 aliphatic carbocycles. The summed E-state index contributed by atoms with van der Waals surface area (Å²) < 4.78 is 4.38. The molecule has 3 rings (SSSR count). The lowest BCUT2D eigenvalue weighted by molar-refractivity contribution is 0.0341. The average Bonchev–Trinajstić information content (AvgIpc) is 2.76. The van der Waals surface area contributed by atoms with Crippen LogP contribution < -0.4 is 0 Å². The van der Waals surface area contributed by atoms with Gasteiger partial charge < -0.3 is 10.1 Å². The van der Waals surface area contributed by atoms with Crippen molar-refractivity contribution >= 4 is 40.5 Å². The van der Waals surface area contributed by atoms with Crippen LogP contribution in [-0.4, -0.2) is 21.7 Å². The first-order chi connectivity index (χ1) is 8.30. The lowest BCUT2D eigenvalue weighted by Gasteiger charge is -2.42. The largest absolute Gasteiger partial charge is 0.370 e. The van der Waals surface area contributed by atoms with Gasteiger partial charge in [-0.3, -0.25) is 0 Å². The van der Waals surface area contributed by atoms with Gasteiger partial charge in [0.15, 0.2) is 0 Å². The van der Waals surface area contributed by atoms with Crippen molar-refractivity contribution in [3.05, 3.63) is 12.2 Å². The van der Waals surface area contributed by atoms with Crippen LogP contribution in [0.15, 0.2) is 12.2 Å². The minimum Gasteiger partial charge on any atom is -0.370 e. The highest BCUT2D eigenvalue weighted by atomic mass is 35.6. The van der Waals surface area contributed by atoms with Crippen molar-refractivity contribution in [2.45, 2.75) is 35.6 Å². The molecule has 2 fully saturated rings. The van der Waals surface area contributed by atoms with Gasteiger partial charge in [-0.05, 0) is 19.8 Å². The SMILES string of the molecule is C[C@@]12C=C[C@@H](C(=N)C(Cl)(Cl)Cl)[C@]3(CCC[C@@H]31)CO2. The van der Waals surface area contributed by atoms with E-state index in [1.807, 2.05) is 6.08 Å². The van der Waals surface area contributed by atoms with Crippen molar-refractivity contribution in [1.82, 2.24) is 0 Å². The topological polar surface area (TPSA) is 33.1 Å². The maximum atomic E-state index is 8.19. The van der Waals surface area contributed by atoms with Gasteiger partial charge in [-0.2, -0.15) is 0 Å². The normalized spacial score (nSPS) is 46.2. The molecular weight excluding hydrogens is 293 g/mol. The number of allylic oxidation sites excluding steroid dienone is 1. The zero-order valence-corrected chi connectivity index (χ0v) is 12.4. The molecule has 3 aliphatic rings. The Balaban J connectivity index is 2.03. The Morgan fingerprint density at radius 1 is 1.44 bits per heavy atom. The zero-order valence-electron chi connectivity index (χ0n) is 10.2. The van der Waals surface area contributed by atoms with E-state index in [1.165, 1.54) is 6.42 Å². The number of alkyl halides is 3. The number of halogens is 3. The molecule has 0 aromatic heterocycles. The highest BCUT2D eigenvalue weighted by Gasteiger charge is 2.63. The van der Waals surface area contributed by atoms with E-state index in [0.717, 1.165) is 12.8 Å². The lowest BCUT2D eigenvalue weighted by atomic mass is 9.61. The maximum Gasteiger partial charge on any atom is 0.228 e. The highest BCUT2D eigenvalue weighted by Crippen LogP contribution is 2.63. The van der Waals surface area contributed by atoms with Crippen LogP contribution in [0.4, 0.5) is 0 Å². The highest BCUT2D eigenvalue weighted by molar-refractivity contribution is 6.76. The van der Waals surface area contributed by atoms with E-state index in [0.29, 0.717) is 12.5 Å². The molecule has 1 N–H and O–H groups in total. The monoisotopic (exact) mass is 307 g/mol. The summed E-state index contributed by atoms with van der Waals surface area (Å²) in [6, 6.07) is 0. The Morgan fingerprint density at radius 3 is 2.83 bits per heavy atom. The van der Waals surface area contributed by atoms with Crippen molar-refractivity contribution in [2.75, 3.05) is 6.61 Å². The molecule has 1 heterocycles. The molecule has 1 saturated heterocycles. The van der Waals surface area contributed by atoms with Gasteiger partial charge in [-0.15, -0.1) is 0 Å². The van der Waals surface area contributed by atoms with Crippen molar-refractivity contribution in [1.29, 1.82) is 5.41 Å². The van der Waals surface area contributed by atoms with Crippen LogP contribution in [0.5, 0.6) is 0 Å². The third-order valence-corrected chi connectivity index (χ3v) is 5.64. The average molecular weight is 309 g/mol. The van der Waals surface area contributed by atoms with Crippen molar-refractivity contribution in [3.63, 3.8) is 0 Å². The molecule has 18 heavy (non-hydrogen) atoms. The van der Waals surface area contributed by atoms with Gasteiger partial charge in [-0.25, -0.2) is 0 Å². The molecule has 1 aliphatic heterocycles. The molecule has 2 nitrogen and oxygen atoms in total. The number of hydrogen-bond donors (Lipinski definition) is 1. The fourth-order valence-electron chi connectivity index (χ4n) is 4.18.